The Morgan fingerprint density at radius 2 is 2.08 bits per heavy atom. The van der Waals surface area contributed by atoms with E-state index in [4.69, 9.17) is 28.6 Å². The Bertz CT molecular complexity index is 723. The zero-order valence-electron chi connectivity index (χ0n) is 14.0. The molecule has 24 heavy (non-hydrogen) atoms. The van der Waals surface area contributed by atoms with Crippen LogP contribution in [0.1, 0.15) is 20.8 Å². The van der Waals surface area contributed by atoms with E-state index in [-0.39, 0.29) is 12.1 Å². The summed E-state index contributed by atoms with van der Waals surface area (Å²) in [7, 11) is 0. The molecule has 0 aliphatic heterocycles. The maximum Gasteiger partial charge on any atom is 0.130 e. The molecule has 0 radical (unpaired) electrons. The van der Waals surface area contributed by atoms with Gasteiger partial charge in [0.05, 0.1) is 5.69 Å². The summed E-state index contributed by atoms with van der Waals surface area (Å²) in [4.78, 5) is 0. The zero-order chi connectivity index (χ0) is 17.7. The van der Waals surface area contributed by atoms with Crippen LogP contribution in [0.3, 0.4) is 0 Å². The van der Waals surface area contributed by atoms with Crippen molar-refractivity contribution in [2.24, 2.45) is 0 Å². The van der Waals surface area contributed by atoms with Crippen LogP contribution in [0.4, 0.5) is 0 Å². The molecule has 0 amide bonds. The van der Waals surface area contributed by atoms with E-state index in [1.54, 1.807) is 18.2 Å². The second-order valence-electron chi connectivity index (χ2n) is 6.54. The first-order valence-corrected chi connectivity index (χ1v) is 8.45. The van der Waals surface area contributed by atoms with E-state index in [9.17, 15) is 5.11 Å². The number of nitrogens with zero attached hydrogens (tertiary/aromatic N) is 1. The highest BCUT2D eigenvalue weighted by atomic mass is 35.5. The van der Waals surface area contributed by atoms with E-state index in [0.29, 0.717) is 27.7 Å². The number of aliphatic hydroxyl groups is 1. The molecule has 2 aromatic rings. The van der Waals surface area contributed by atoms with Crippen LogP contribution < -0.4 is 10.1 Å². The van der Waals surface area contributed by atoms with Crippen molar-refractivity contribution in [3.8, 4) is 17.0 Å². The van der Waals surface area contributed by atoms with Gasteiger partial charge in [-0.05, 0) is 51.1 Å². The fourth-order valence-corrected chi connectivity index (χ4v) is 2.27. The number of aliphatic hydroxyl groups excluding tert-OH is 1. The topological polar surface area (TPSA) is 70.2 Å². The van der Waals surface area contributed by atoms with Gasteiger partial charge in [-0.15, -0.1) is 0 Å². The highest BCUT2D eigenvalue weighted by Crippen LogP contribution is 2.31. The number of rotatable bonds is 6. The van der Waals surface area contributed by atoms with E-state index in [1.165, 1.54) is 0 Å². The predicted molar refractivity (Wildman–Crippen MR) is 99.1 cm³/mol. The van der Waals surface area contributed by atoms with Crippen molar-refractivity contribution in [1.82, 2.24) is 15.5 Å². The number of aromatic nitrogens is 2. The summed E-state index contributed by atoms with van der Waals surface area (Å²) in [5, 5.41) is 20.8. The van der Waals surface area contributed by atoms with Crippen molar-refractivity contribution in [3.63, 3.8) is 0 Å². The monoisotopic (exact) mass is 367 g/mol. The number of benzene rings is 1. The molecule has 0 aliphatic rings. The van der Waals surface area contributed by atoms with Gasteiger partial charge in [0.25, 0.3) is 0 Å². The van der Waals surface area contributed by atoms with Crippen LogP contribution >= 0.6 is 23.8 Å². The number of aromatic amines is 1. The second-order valence-corrected chi connectivity index (χ2v) is 7.42. The molecule has 1 unspecified atom stereocenters. The summed E-state index contributed by atoms with van der Waals surface area (Å²) in [6.45, 7) is 6.72. The first-order valence-electron chi connectivity index (χ1n) is 7.66. The van der Waals surface area contributed by atoms with Gasteiger partial charge in [-0.25, -0.2) is 0 Å². The standard InChI is InChI=1S/C17H22ClN3O2S/c1-17(2,3)19-9-12(22)10-23-15-8-11(18)4-5-13(15)14-6-7-16(24)21-20-14/h4-8,12,19,22H,9-10H2,1-3H3,(H,21,24). The van der Waals surface area contributed by atoms with Crippen molar-refractivity contribution in [2.75, 3.05) is 13.2 Å². The first-order chi connectivity index (χ1) is 11.2. The van der Waals surface area contributed by atoms with Gasteiger partial charge in [0, 0.05) is 22.7 Å². The third-order valence-corrected chi connectivity index (χ3v) is 3.66. The molecule has 130 valence electrons. The Balaban J connectivity index is 2.10. The van der Waals surface area contributed by atoms with Gasteiger partial charge in [0.2, 0.25) is 0 Å². The molecule has 0 saturated carbocycles. The normalized spacial score (nSPS) is 12.9. The molecule has 0 saturated heterocycles. The molecule has 7 heteroatoms. The molecule has 1 aromatic heterocycles. The number of H-pyrrole nitrogens is 1. The molecule has 0 bridgehead atoms. The number of nitrogens with one attached hydrogen (secondary N) is 2. The predicted octanol–water partition coefficient (Wildman–Crippen LogP) is 3.59. The van der Waals surface area contributed by atoms with E-state index in [1.807, 2.05) is 32.9 Å². The molecule has 1 aromatic carbocycles. The van der Waals surface area contributed by atoms with Gasteiger partial charge < -0.3 is 15.2 Å². The molecule has 1 heterocycles. The summed E-state index contributed by atoms with van der Waals surface area (Å²) in [6.07, 6.45) is -0.634. The molecular formula is C17H22ClN3O2S. The van der Waals surface area contributed by atoms with Crippen LogP contribution in [0.5, 0.6) is 5.75 Å². The van der Waals surface area contributed by atoms with Crippen molar-refractivity contribution >= 4 is 23.8 Å². The van der Waals surface area contributed by atoms with Gasteiger partial charge in [-0.2, -0.15) is 5.10 Å². The minimum Gasteiger partial charge on any atom is -0.490 e. The van der Waals surface area contributed by atoms with Crippen LogP contribution in [0.15, 0.2) is 30.3 Å². The second kappa shape index (κ2) is 8.07. The minimum absolute atomic E-state index is 0.0616. The van der Waals surface area contributed by atoms with Crippen LogP contribution in [0.2, 0.25) is 5.02 Å². The molecular weight excluding hydrogens is 346 g/mol. The Morgan fingerprint density at radius 3 is 2.71 bits per heavy atom. The minimum atomic E-state index is -0.634. The molecule has 2 rings (SSSR count). The van der Waals surface area contributed by atoms with Crippen molar-refractivity contribution in [1.29, 1.82) is 0 Å². The summed E-state index contributed by atoms with van der Waals surface area (Å²) in [5.41, 5.74) is 1.41. The van der Waals surface area contributed by atoms with Crippen molar-refractivity contribution in [3.05, 3.63) is 40.0 Å². The average molecular weight is 368 g/mol. The molecule has 5 nitrogen and oxygen atoms in total. The number of hydrogen-bond donors (Lipinski definition) is 3. The summed E-state index contributed by atoms with van der Waals surface area (Å²) in [5.74, 6) is 0.565. The van der Waals surface area contributed by atoms with Gasteiger partial charge in [0.1, 0.15) is 23.1 Å². The number of β-amino-alcohol motifs (C(OH)–C–C–N with tert-alkyl or cyclic N) is 1. The Labute approximate surface area is 152 Å². The van der Waals surface area contributed by atoms with E-state index in [2.05, 4.69) is 15.5 Å². The molecule has 0 aliphatic carbocycles. The van der Waals surface area contributed by atoms with Crippen LogP contribution in [0.25, 0.3) is 11.3 Å². The number of ether oxygens (including phenoxy) is 1. The Hall–Kier alpha value is -1.47. The number of halogens is 1. The first kappa shape index (κ1) is 18.9. The smallest absolute Gasteiger partial charge is 0.130 e. The lowest BCUT2D eigenvalue weighted by Crippen LogP contribution is -2.42. The summed E-state index contributed by atoms with van der Waals surface area (Å²) in [6, 6.07) is 8.88. The zero-order valence-corrected chi connectivity index (χ0v) is 15.5. The van der Waals surface area contributed by atoms with Crippen LogP contribution in [-0.4, -0.2) is 40.1 Å². The lowest BCUT2D eigenvalue weighted by atomic mass is 10.1. The third-order valence-electron chi connectivity index (χ3n) is 3.20. The Kier molecular flexibility index (Phi) is 6.34. The highest BCUT2D eigenvalue weighted by Gasteiger charge is 2.14. The summed E-state index contributed by atoms with van der Waals surface area (Å²) >= 11 is 11.1. The fraction of sp³-hybridized carbons (Fsp3) is 0.412. The van der Waals surface area contributed by atoms with Gasteiger partial charge in [0.15, 0.2) is 0 Å². The highest BCUT2D eigenvalue weighted by molar-refractivity contribution is 7.71. The molecule has 0 fully saturated rings. The van der Waals surface area contributed by atoms with Crippen molar-refractivity contribution < 1.29 is 9.84 Å². The third kappa shape index (κ3) is 5.87. The van der Waals surface area contributed by atoms with Crippen molar-refractivity contribution in [2.45, 2.75) is 32.4 Å². The van der Waals surface area contributed by atoms with Gasteiger partial charge >= 0.3 is 0 Å². The van der Waals surface area contributed by atoms with E-state index >= 15 is 0 Å². The maximum absolute atomic E-state index is 10.1. The molecule has 0 spiro atoms. The van der Waals surface area contributed by atoms with E-state index < -0.39 is 6.10 Å². The number of hydrogen-bond acceptors (Lipinski definition) is 5. The summed E-state index contributed by atoms with van der Waals surface area (Å²) < 4.78 is 6.33. The van der Waals surface area contributed by atoms with Gasteiger partial charge in [-0.3, -0.25) is 5.10 Å². The Morgan fingerprint density at radius 1 is 1.33 bits per heavy atom. The van der Waals surface area contributed by atoms with E-state index in [0.717, 1.165) is 5.56 Å². The fourth-order valence-electron chi connectivity index (χ4n) is 1.99. The lowest BCUT2D eigenvalue weighted by molar-refractivity contribution is 0.100. The lowest BCUT2D eigenvalue weighted by Gasteiger charge is -2.23. The van der Waals surface area contributed by atoms with Gasteiger partial charge in [-0.1, -0.05) is 23.8 Å². The molecule has 3 N–H and O–H groups in total. The van der Waals surface area contributed by atoms with Crippen LogP contribution in [0, 0.1) is 4.64 Å². The molecule has 1 atom stereocenters. The average Bonchev–Trinajstić information content (AvgIpc) is 2.51. The quantitative estimate of drug-likeness (QED) is 0.681. The van der Waals surface area contributed by atoms with Crippen LogP contribution in [-0.2, 0) is 0 Å². The SMILES string of the molecule is CC(C)(C)NCC(O)COc1cc(Cl)ccc1-c1ccc(=S)[nH]n1. The maximum atomic E-state index is 10.1. The largest absolute Gasteiger partial charge is 0.490 e.